The molecule has 1 heterocycles. The minimum atomic E-state index is -0.963. The summed E-state index contributed by atoms with van der Waals surface area (Å²) in [6.07, 6.45) is -1.34. The molecule has 1 aromatic carbocycles. The number of hydrogen-bond donors (Lipinski definition) is 1. The van der Waals surface area contributed by atoms with E-state index < -0.39 is 29.6 Å². The molecular formula is C14H16F2N2O5. The highest BCUT2D eigenvalue weighted by atomic mass is 19.1. The zero-order chi connectivity index (χ0) is 17.0. The summed E-state index contributed by atoms with van der Waals surface area (Å²) in [6, 6.07) is 1.94. The Hall–Kier alpha value is -2.42. The van der Waals surface area contributed by atoms with Crippen molar-refractivity contribution in [1.29, 1.82) is 0 Å². The summed E-state index contributed by atoms with van der Waals surface area (Å²) in [5, 5.41) is 2.51. The van der Waals surface area contributed by atoms with E-state index in [2.05, 4.69) is 10.1 Å². The van der Waals surface area contributed by atoms with Crippen LogP contribution in [0.5, 0.6) is 5.75 Å². The number of nitrogens with one attached hydrogen (secondary N) is 1. The smallest absolute Gasteiger partial charge is 0.414 e. The Morgan fingerprint density at radius 3 is 2.65 bits per heavy atom. The van der Waals surface area contributed by atoms with Gasteiger partial charge in [-0.05, 0) is 0 Å². The molecule has 126 valence electrons. The Morgan fingerprint density at radius 2 is 2.09 bits per heavy atom. The van der Waals surface area contributed by atoms with Gasteiger partial charge in [-0.2, -0.15) is 0 Å². The number of nitrogens with zero attached hydrogens (tertiary/aromatic N) is 1. The topological polar surface area (TPSA) is 77.1 Å². The number of methoxy groups -OCH3 is 1. The molecule has 1 saturated heterocycles. The molecule has 0 aliphatic carbocycles. The molecule has 1 aliphatic rings. The van der Waals surface area contributed by atoms with Crippen molar-refractivity contribution in [2.24, 2.45) is 0 Å². The molecule has 0 aromatic heterocycles. The average Bonchev–Trinajstić information content (AvgIpc) is 2.85. The molecule has 1 unspecified atom stereocenters. The molecule has 1 aliphatic heterocycles. The quantitative estimate of drug-likeness (QED) is 0.798. The van der Waals surface area contributed by atoms with Crippen LogP contribution in [0.4, 0.5) is 19.3 Å². The second kappa shape index (κ2) is 7.23. The fourth-order valence-electron chi connectivity index (χ4n) is 2.05. The van der Waals surface area contributed by atoms with Crippen LogP contribution in [-0.4, -0.2) is 45.1 Å². The van der Waals surface area contributed by atoms with Crippen LogP contribution in [0.3, 0.4) is 0 Å². The van der Waals surface area contributed by atoms with E-state index in [1.54, 1.807) is 0 Å². The third kappa shape index (κ3) is 4.07. The van der Waals surface area contributed by atoms with Crippen molar-refractivity contribution in [3.8, 4) is 5.75 Å². The Balaban J connectivity index is 2.12. The lowest BCUT2D eigenvalue weighted by Gasteiger charge is -2.15. The minimum Gasteiger partial charge on any atom is -0.461 e. The molecule has 0 bridgehead atoms. The van der Waals surface area contributed by atoms with Crippen molar-refractivity contribution >= 4 is 17.7 Å². The number of ether oxygens (including phenoxy) is 3. The molecule has 1 fully saturated rings. The first-order valence-corrected chi connectivity index (χ1v) is 6.75. The summed E-state index contributed by atoms with van der Waals surface area (Å²) in [6.45, 7) is 1.21. The molecule has 2 rings (SSSR count). The normalized spacial score (nSPS) is 17.1. The van der Waals surface area contributed by atoms with Crippen molar-refractivity contribution in [3.63, 3.8) is 0 Å². The monoisotopic (exact) mass is 330 g/mol. The van der Waals surface area contributed by atoms with Crippen LogP contribution in [0.15, 0.2) is 12.1 Å². The van der Waals surface area contributed by atoms with E-state index in [-0.39, 0.29) is 31.5 Å². The molecule has 1 atom stereocenters. The maximum absolute atomic E-state index is 13.9. The van der Waals surface area contributed by atoms with Crippen molar-refractivity contribution in [1.82, 2.24) is 5.32 Å². The van der Waals surface area contributed by atoms with Gasteiger partial charge in [0.25, 0.3) is 0 Å². The number of carbonyl (C=O) groups is 2. The number of amides is 2. The van der Waals surface area contributed by atoms with Crippen LogP contribution in [0.2, 0.25) is 0 Å². The average molecular weight is 330 g/mol. The van der Waals surface area contributed by atoms with Gasteiger partial charge < -0.3 is 19.5 Å². The number of anilines is 1. The lowest BCUT2D eigenvalue weighted by Crippen LogP contribution is -2.33. The third-order valence-electron chi connectivity index (χ3n) is 3.07. The summed E-state index contributed by atoms with van der Waals surface area (Å²) in [4.78, 5) is 23.7. The van der Waals surface area contributed by atoms with Gasteiger partial charge in [-0.3, -0.25) is 9.69 Å². The number of cyclic esters (lactones) is 1. The maximum atomic E-state index is 13.9. The van der Waals surface area contributed by atoms with Crippen molar-refractivity contribution in [3.05, 3.63) is 23.8 Å². The zero-order valence-corrected chi connectivity index (χ0v) is 12.6. The highest BCUT2D eigenvalue weighted by molar-refractivity contribution is 5.90. The van der Waals surface area contributed by atoms with Gasteiger partial charge in [0.2, 0.25) is 5.91 Å². The van der Waals surface area contributed by atoms with E-state index in [0.717, 1.165) is 17.0 Å². The van der Waals surface area contributed by atoms with E-state index in [1.165, 1.54) is 14.0 Å². The SMILES string of the molecule is COCOc1c(F)cc(N2CC(CNC(C)=O)OC2=O)cc1F. The molecule has 2 amide bonds. The highest BCUT2D eigenvalue weighted by Crippen LogP contribution is 2.30. The third-order valence-corrected chi connectivity index (χ3v) is 3.07. The van der Waals surface area contributed by atoms with Gasteiger partial charge in [-0.25, -0.2) is 13.6 Å². The van der Waals surface area contributed by atoms with Crippen LogP contribution >= 0.6 is 0 Å². The fourth-order valence-corrected chi connectivity index (χ4v) is 2.05. The predicted octanol–water partition coefficient (Wildman–Crippen LogP) is 1.41. The van der Waals surface area contributed by atoms with Crippen LogP contribution < -0.4 is 15.0 Å². The Morgan fingerprint density at radius 1 is 1.43 bits per heavy atom. The van der Waals surface area contributed by atoms with E-state index in [4.69, 9.17) is 9.47 Å². The van der Waals surface area contributed by atoms with Crippen LogP contribution in [0.1, 0.15) is 6.92 Å². The van der Waals surface area contributed by atoms with Crippen molar-refractivity contribution < 1.29 is 32.6 Å². The number of benzene rings is 1. The van der Waals surface area contributed by atoms with Gasteiger partial charge in [-0.15, -0.1) is 0 Å². The van der Waals surface area contributed by atoms with Crippen molar-refractivity contribution in [2.75, 3.05) is 31.9 Å². The molecule has 0 saturated carbocycles. The molecule has 9 heteroatoms. The predicted molar refractivity (Wildman–Crippen MR) is 75.2 cm³/mol. The number of halogens is 2. The molecule has 7 nitrogen and oxygen atoms in total. The largest absolute Gasteiger partial charge is 0.461 e. The number of rotatable bonds is 6. The first-order chi connectivity index (χ1) is 10.9. The molecule has 0 radical (unpaired) electrons. The summed E-state index contributed by atoms with van der Waals surface area (Å²) in [7, 11) is 1.32. The standard InChI is InChI=1S/C14H16F2N2O5/c1-8(19)17-5-10-6-18(14(20)23-10)9-3-11(15)13(12(16)4-9)22-7-21-2/h3-4,10H,5-7H2,1-2H3,(H,17,19). The first kappa shape index (κ1) is 16.9. The number of carbonyl (C=O) groups excluding carboxylic acids is 2. The molecule has 23 heavy (non-hydrogen) atoms. The maximum Gasteiger partial charge on any atom is 0.414 e. The van der Waals surface area contributed by atoms with Gasteiger partial charge in [0.05, 0.1) is 18.8 Å². The number of hydrogen-bond acceptors (Lipinski definition) is 5. The van der Waals surface area contributed by atoms with Gasteiger partial charge in [-0.1, -0.05) is 0 Å². The Bertz CT molecular complexity index is 588. The summed E-state index contributed by atoms with van der Waals surface area (Å²) in [5.74, 6) is -2.78. The second-order valence-corrected chi connectivity index (χ2v) is 4.84. The lowest BCUT2D eigenvalue weighted by molar-refractivity contribution is -0.119. The molecule has 1 aromatic rings. The van der Waals surface area contributed by atoms with E-state index >= 15 is 0 Å². The van der Waals surface area contributed by atoms with Gasteiger partial charge in [0.1, 0.15) is 6.10 Å². The van der Waals surface area contributed by atoms with Gasteiger partial charge >= 0.3 is 6.09 Å². The van der Waals surface area contributed by atoms with E-state index in [0.29, 0.717) is 0 Å². The molecular weight excluding hydrogens is 314 g/mol. The Labute approximate surface area is 131 Å². The first-order valence-electron chi connectivity index (χ1n) is 6.75. The second-order valence-electron chi connectivity index (χ2n) is 4.84. The Kier molecular flexibility index (Phi) is 5.32. The fraction of sp³-hybridized carbons (Fsp3) is 0.429. The van der Waals surface area contributed by atoms with Crippen molar-refractivity contribution in [2.45, 2.75) is 13.0 Å². The highest BCUT2D eigenvalue weighted by Gasteiger charge is 2.33. The lowest BCUT2D eigenvalue weighted by atomic mass is 10.2. The zero-order valence-electron chi connectivity index (χ0n) is 12.6. The summed E-state index contributed by atoms with van der Waals surface area (Å²) in [5.41, 5.74) is 0.0000850. The van der Waals surface area contributed by atoms with Crippen LogP contribution in [0.25, 0.3) is 0 Å². The van der Waals surface area contributed by atoms with Crippen LogP contribution in [0, 0.1) is 11.6 Å². The molecule has 0 spiro atoms. The van der Waals surface area contributed by atoms with Crippen LogP contribution in [-0.2, 0) is 14.3 Å². The molecule has 1 N–H and O–H groups in total. The van der Waals surface area contributed by atoms with E-state index in [9.17, 15) is 18.4 Å². The summed E-state index contributed by atoms with van der Waals surface area (Å²) < 4.78 is 42.2. The minimum absolute atomic E-state index is 0.0000850. The summed E-state index contributed by atoms with van der Waals surface area (Å²) >= 11 is 0. The van der Waals surface area contributed by atoms with Gasteiger partial charge in [0.15, 0.2) is 24.2 Å². The van der Waals surface area contributed by atoms with E-state index in [1.807, 2.05) is 0 Å². The van der Waals surface area contributed by atoms with Gasteiger partial charge in [0, 0.05) is 26.2 Å².